The SMILES string of the molecule is CCNCc1sc2cccc(F)c2c1CN1CCOCC1. The molecular weight excluding hydrogens is 287 g/mol. The summed E-state index contributed by atoms with van der Waals surface area (Å²) < 4.78 is 20.7. The van der Waals surface area contributed by atoms with E-state index in [2.05, 4.69) is 17.1 Å². The molecule has 1 fully saturated rings. The summed E-state index contributed by atoms with van der Waals surface area (Å²) in [6, 6.07) is 5.37. The molecule has 0 spiro atoms. The predicted octanol–water partition coefficient (Wildman–Crippen LogP) is 2.98. The Morgan fingerprint density at radius 2 is 2.14 bits per heavy atom. The fourth-order valence-electron chi connectivity index (χ4n) is 2.75. The smallest absolute Gasteiger partial charge is 0.132 e. The molecule has 0 radical (unpaired) electrons. The summed E-state index contributed by atoms with van der Waals surface area (Å²) in [6.07, 6.45) is 0. The number of morpholine rings is 1. The zero-order chi connectivity index (χ0) is 14.7. The summed E-state index contributed by atoms with van der Waals surface area (Å²) in [5.41, 5.74) is 1.15. The highest BCUT2D eigenvalue weighted by molar-refractivity contribution is 7.19. The van der Waals surface area contributed by atoms with Gasteiger partial charge in [0.05, 0.1) is 13.2 Å². The van der Waals surface area contributed by atoms with E-state index in [0.717, 1.165) is 61.6 Å². The van der Waals surface area contributed by atoms with Gasteiger partial charge in [-0.25, -0.2) is 4.39 Å². The minimum atomic E-state index is -0.102. The van der Waals surface area contributed by atoms with Crippen LogP contribution in [0.1, 0.15) is 17.4 Å². The van der Waals surface area contributed by atoms with Gasteiger partial charge in [-0.05, 0) is 24.2 Å². The number of thiophene rings is 1. The largest absolute Gasteiger partial charge is 0.379 e. The molecule has 5 heteroatoms. The average molecular weight is 308 g/mol. The summed E-state index contributed by atoms with van der Waals surface area (Å²) in [5.74, 6) is -0.102. The van der Waals surface area contributed by atoms with Gasteiger partial charge in [-0.15, -0.1) is 11.3 Å². The average Bonchev–Trinajstić information content (AvgIpc) is 2.85. The third-order valence-corrected chi connectivity index (χ3v) is 5.07. The zero-order valence-electron chi connectivity index (χ0n) is 12.3. The van der Waals surface area contributed by atoms with Gasteiger partial charge in [-0.3, -0.25) is 4.90 Å². The molecule has 114 valence electrons. The van der Waals surface area contributed by atoms with E-state index in [-0.39, 0.29) is 5.82 Å². The molecule has 0 aliphatic carbocycles. The lowest BCUT2D eigenvalue weighted by Gasteiger charge is -2.27. The second-order valence-corrected chi connectivity index (χ2v) is 6.42. The van der Waals surface area contributed by atoms with E-state index in [4.69, 9.17) is 4.74 Å². The summed E-state index contributed by atoms with van der Waals surface area (Å²) >= 11 is 1.71. The number of hydrogen-bond donors (Lipinski definition) is 1. The quantitative estimate of drug-likeness (QED) is 0.919. The van der Waals surface area contributed by atoms with Crippen molar-refractivity contribution in [2.45, 2.75) is 20.0 Å². The first-order chi connectivity index (χ1) is 10.3. The molecule has 1 aliphatic heterocycles. The topological polar surface area (TPSA) is 24.5 Å². The summed E-state index contributed by atoms with van der Waals surface area (Å²) in [4.78, 5) is 3.61. The highest BCUT2D eigenvalue weighted by Crippen LogP contribution is 2.34. The third kappa shape index (κ3) is 3.26. The monoisotopic (exact) mass is 308 g/mol. The van der Waals surface area contributed by atoms with Crippen molar-refractivity contribution < 1.29 is 9.13 Å². The molecule has 2 heterocycles. The van der Waals surface area contributed by atoms with E-state index in [1.165, 1.54) is 4.88 Å². The van der Waals surface area contributed by atoms with Gasteiger partial charge < -0.3 is 10.1 Å². The van der Waals surface area contributed by atoms with Gasteiger partial charge in [-0.1, -0.05) is 13.0 Å². The summed E-state index contributed by atoms with van der Waals surface area (Å²) in [5, 5.41) is 4.17. The van der Waals surface area contributed by atoms with Crippen molar-refractivity contribution in [2.24, 2.45) is 0 Å². The number of fused-ring (bicyclic) bond motifs is 1. The molecule has 1 saturated heterocycles. The van der Waals surface area contributed by atoms with Crippen LogP contribution in [-0.2, 0) is 17.8 Å². The zero-order valence-corrected chi connectivity index (χ0v) is 13.1. The maximum atomic E-state index is 14.3. The van der Waals surface area contributed by atoms with E-state index >= 15 is 0 Å². The standard InChI is InChI=1S/C16H21FN2OS/c1-2-18-10-15-12(11-19-6-8-20-9-7-19)16-13(17)4-3-5-14(16)21-15/h3-5,18H,2,6-11H2,1H3. The van der Waals surface area contributed by atoms with Gasteiger partial charge in [0, 0.05) is 41.1 Å². The van der Waals surface area contributed by atoms with Crippen molar-refractivity contribution in [1.82, 2.24) is 10.2 Å². The third-order valence-electron chi connectivity index (χ3n) is 3.87. The van der Waals surface area contributed by atoms with Gasteiger partial charge in [0.1, 0.15) is 5.82 Å². The summed E-state index contributed by atoms with van der Waals surface area (Å²) in [7, 11) is 0. The van der Waals surface area contributed by atoms with Crippen molar-refractivity contribution in [1.29, 1.82) is 0 Å². The van der Waals surface area contributed by atoms with E-state index in [1.54, 1.807) is 23.5 Å². The number of nitrogens with zero attached hydrogens (tertiary/aromatic N) is 1. The molecular formula is C16H21FN2OS. The fraction of sp³-hybridized carbons (Fsp3) is 0.500. The molecule has 21 heavy (non-hydrogen) atoms. The predicted molar refractivity (Wildman–Crippen MR) is 85.3 cm³/mol. The minimum absolute atomic E-state index is 0.102. The maximum Gasteiger partial charge on any atom is 0.132 e. The molecule has 0 amide bonds. The van der Waals surface area contributed by atoms with Gasteiger partial charge in [-0.2, -0.15) is 0 Å². The van der Waals surface area contributed by atoms with Crippen molar-refractivity contribution >= 4 is 21.4 Å². The van der Waals surface area contributed by atoms with Crippen molar-refractivity contribution in [3.63, 3.8) is 0 Å². The number of rotatable bonds is 5. The van der Waals surface area contributed by atoms with E-state index in [1.807, 2.05) is 6.07 Å². The molecule has 1 aromatic heterocycles. The van der Waals surface area contributed by atoms with Crippen LogP contribution in [0.15, 0.2) is 18.2 Å². The normalized spacial score (nSPS) is 16.7. The number of benzene rings is 1. The Bertz CT molecular complexity index is 608. The van der Waals surface area contributed by atoms with Crippen LogP contribution in [0.25, 0.3) is 10.1 Å². The Labute approximate surface area is 128 Å². The molecule has 3 rings (SSSR count). The van der Waals surface area contributed by atoms with Crippen molar-refractivity contribution in [2.75, 3.05) is 32.8 Å². The van der Waals surface area contributed by atoms with Crippen LogP contribution in [0.3, 0.4) is 0 Å². The van der Waals surface area contributed by atoms with Gasteiger partial charge in [0.2, 0.25) is 0 Å². The van der Waals surface area contributed by atoms with Crippen LogP contribution in [0.4, 0.5) is 4.39 Å². The van der Waals surface area contributed by atoms with Crippen LogP contribution >= 0.6 is 11.3 Å². The molecule has 1 aliphatic rings. The van der Waals surface area contributed by atoms with Gasteiger partial charge in [0.25, 0.3) is 0 Å². The Kier molecular flexibility index (Phi) is 4.85. The molecule has 0 bridgehead atoms. The molecule has 1 aromatic carbocycles. The Morgan fingerprint density at radius 3 is 2.90 bits per heavy atom. The first-order valence-electron chi connectivity index (χ1n) is 7.49. The van der Waals surface area contributed by atoms with Crippen LogP contribution in [-0.4, -0.2) is 37.7 Å². The number of halogens is 1. The van der Waals surface area contributed by atoms with Crippen molar-refractivity contribution in [3.05, 3.63) is 34.5 Å². The molecule has 2 aromatic rings. The van der Waals surface area contributed by atoms with Gasteiger partial charge >= 0.3 is 0 Å². The number of hydrogen-bond acceptors (Lipinski definition) is 4. The second kappa shape index (κ2) is 6.83. The molecule has 1 N–H and O–H groups in total. The van der Waals surface area contributed by atoms with E-state index < -0.39 is 0 Å². The molecule has 0 saturated carbocycles. The maximum absolute atomic E-state index is 14.3. The number of nitrogens with one attached hydrogen (secondary N) is 1. The molecule has 0 unspecified atom stereocenters. The first kappa shape index (κ1) is 14.9. The lowest BCUT2D eigenvalue weighted by Crippen LogP contribution is -2.35. The van der Waals surface area contributed by atoms with Crippen LogP contribution in [0.2, 0.25) is 0 Å². The van der Waals surface area contributed by atoms with E-state index in [9.17, 15) is 4.39 Å². The fourth-order valence-corrected chi connectivity index (χ4v) is 3.95. The minimum Gasteiger partial charge on any atom is -0.379 e. The van der Waals surface area contributed by atoms with Gasteiger partial charge in [0.15, 0.2) is 0 Å². The van der Waals surface area contributed by atoms with E-state index in [0.29, 0.717) is 0 Å². The Hall–Kier alpha value is -1.01. The highest BCUT2D eigenvalue weighted by Gasteiger charge is 2.19. The lowest BCUT2D eigenvalue weighted by atomic mass is 10.1. The van der Waals surface area contributed by atoms with Crippen LogP contribution < -0.4 is 5.32 Å². The molecule has 3 nitrogen and oxygen atoms in total. The Morgan fingerprint density at radius 1 is 1.33 bits per heavy atom. The molecule has 0 atom stereocenters. The first-order valence-corrected chi connectivity index (χ1v) is 8.31. The van der Waals surface area contributed by atoms with Crippen molar-refractivity contribution in [3.8, 4) is 0 Å². The Balaban J connectivity index is 1.95. The summed E-state index contributed by atoms with van der Waals surface area (Å²) in [6.45, 7) is 8.03. The van der Waals surface area contributed by atoms with Crippen LogP contribution in [0.5, 0.6) is 0 Å². The van der Waals surface area contributed by atoms with Crippen LogP contribution in [0, 0.1) is 5.82 Å². The number of ether oxygens (including phenoxy) is 1. The lowest BCUT2D eigenvalue weighted by molar-refractivity contribution is 0.0343. The second-order valence-electron chi connectivity index (χ2n) is 5.29. The highest BCUT2D eigenvalue weighted by atomic mass is 32.1.